The van der Waals surface area contributed by atoms with Crippen molar-refractivity contribution >= 4 is 34.2 Å². The first-order chi connectivity index (χ1) is 8.22. The lowest BCUT2D eigenvalue weighted by atomic mass is 10.2. The zero-order valence-corrected chi connectivity index (χ0v) is 10.2. The standard InChI is InChI=1S/C12H8Cl2N2O/c13-9-3-8-4-10(6-16-2-1-15-7-16)17-12(8)11(14)5-9/h1-5,7H,6H2. The molecular formula is C12H8Cl2N2O. The minimum absolute atomic E-state index is 0.532. The molecule has 0 amide bonds. The van der Waals surface area contributed by atoms with Crippen LogP contribution < -0.4 is 0 Å². The van der Waals surface area contributed by atoms with Gasteiger partial charge in [-0.15, -0.1) is 0 Å². The number of rotatable bonds is 2. The van der Waals surface area contributed by atoms with Crippen molar-refractivity contribution < 1.29 is 4.42 Å². The van der Waals surface area contributed by atoms with Gasteiger partial charge in [-0.25, -0.2) is 4.98 Å². The Labute approximate surface area is 108 Å². The molecule has 0 spiro atoms. The summed E-state index contributed by atoms with van der Waals surface area (Å²) in [6.45, 7) is 0.628. The van der Waals surface area contributed by atoms with Gasteiger partial charge in [0, 0.05) is 22.8 Å². The lowest BCUT2D eigenvalue weighted by Gasteiger charge is -1.96. The van der Waals surface area contributed by atoms with Crippen LogP contribution in [0, 0.1) is 0 Å². The third kappa shape index (κ3) is 2.04. The molecule has 86 valence electrons. The average Bonchev–Trinajstić information content (AvgIpc) is 2.87. The van der Waals surface area contributed by atoms with Gasteiger partial charge in [-0.1, -0.05) is 23.2 Å². The van der Waals surface area contributed by atoms with Crippen molar-refractivity contribution in [3.63, 3.8) is 0 Å². The summed E-state index contributed by atoms with van der Waals surface area (Å²) in [6, 6.07) is 5.45. The van der Waals surface area contributed by atoms with Crippen LogP contribution in [0.3, 0.4) is 0 Å². The monoisotopic (exact) mass is 266 g/mol. The smallest absolute Gasteiger partial charge is 0.153 e. The van der Waals surface area contributed by atoms with Crippen LogP contribution in [-0.4, -0.2) is 9.55 Å². The van der Waals surface area contributed by atoms with Gasteiger partial charge in [-0.2, -0.15) is 0 Å². The summed E-state index contributed by atoms with van der Waals surface area (Å²) in [6.07, 6.45) is 5.34. The highest BCUT2D eigenvalue weighted by Crippen LogP contribution is 2.30. The number of imidazole rings is 1. The zero-order chi connectivity index (χ0) is 11.8. The van der Waals surface area contributed by atoms with Crippen LogP contribution in [-0.2, 0) is 6.54 Å². The van der Waals surface area contributed by atoms with E-state index in [0.717, 1.165) is 11.1 Å². The maximum absolute atomic E-state index is 6.06. The molecule has 17 heavy (non-hydrogen) atoms. The van der Waals surface area contributed by atoms with Gasteiger partial charge < -0.3 is 8.98 Å². The van der Waals surface area contributed by atoms with Crippen molar-refractivity contribution in [3.8, 4) is 0 Å². The van der Waals surface area contributed by atoms with Crippen LogP contribution in [0.5, 0.6) is 0 Å². The van der Waals surface area contributed by atoms with Gasteiger partial charge in [0.05, 0.1) is 17.9 Å². The predicted octanol–water partition coefficient (Wildman–Crippen LogP) is 3.98. The molecular weight excluding hydrogens is 259 g/mol. The van der Waals surface area contributed by atoms with Gasteiger partial charge >= 0.3 is 0 Å². The summed E-state index contributed by atoms with van der Waals surface area (Å²) in [4.78, 5) is 3.98. The minimum atomic E-state index is 0.532. The quantitative estimate of drug-likeness (QED) is 0.703. The summed E-state index contributed by atoms with van der Waals surface area (Å²) in [7, 11) is 0. The number of fused-ring (bicyclic) bond motifs is 1. The van der Waals surface area contributed by atoms with Crippen molar-refractivity contribution in [1.82, 2.24) is 9.55 Å². The summed E-state index contributed by atoms with van der Waals surface area (Å²) < 4.78 is 7.61. The second-order valence-electron chi connectivity index (χ2n) is 3.75. The van der Waals surface area contributed by atoms with E-state index in [1.54, 1.807) is 18.6 Å². The molecule has 5 heteroatoms. The Balaban J connectivity index is 2.05. The van der Waals surface area contributed by atoms with Crippen molar-refractivity contribution in [1.29, 1.82) is 0 Å². The molecule has 0 saturated carbocycles. The van der Waals surface area contributed by atoms with Crippen molar-refractivity contribution in [2.75, 3.05) is 0 Å². The van der Waals surface area contributed by atoms with Crippen molar-refractivity contribution in [3.05, 3.63) is 52.7 Å². The molecule has 0 bridgehead atoms. The van der Waals surface area contributed by atoms with Gasteiger partial charge in [0.1, 0.15) is 5.76 Å². The molecule has 3 aromatic rings. The zero-order valence-electron chi connectivity index (χ0n) is 8.73. The summed E-state index contributed by atoms with van der Waals surface area (Å²) in [5.41, 5.74) is 0.672. The topological polar surface area (TPSA) is 31.0 Å². The maximum atomic E-state index is 6.06. The Morgan fingerprint density at radius 3 is 2.88 bits per heavy atom. The minimum Gasteiger partial charge on any atom is -0.458 e. The normalized spacial score (nSPS) is 11.2. The third-order valence-electron chi connectivity index (χ3n) is 2.48. The van der Waals surface area contributed by atoms with Crippen LogP contribution in [0.4, 0.5) is 0 Å². The van der Waals surface area contributed by atoms with E-state index in [9.17, 15) is 0 Å². The molecule has 0 radical (unpaired) electrons. The van der Waals surface area contributed by atoms with Gasteiger partial charge in [0.25, 0.3) is 0 Å². The van der Waals surface area contributed by atoms with E-state index < -0.39 is 0 Å². The number of furan rings is 1. The molecule has 0 fully saturated rings. The number of aromatic nitrogens is 2. The molecule has 0 aliphatic carbocycles. The highest BCUT2D eigenvalue weighted by atomic mass is 35.5. The van der Waals surface area contributed by atoms with E-state index in [2.05, 4.69) is 4.98 Å². The van der Waals surface area contributed by atoms with E-state index in [1.807, 2.05) is 22.9 Å². The van der Waals surface area contributed by atoms with Crippen molar-refractivity contribution in [2.45, 2.75) is 6.54 Å². The summed E-state index contributed by atoms with van der Waals surface area (Å²) in [5.74, 6) is 0.821. The Morgan fingerprint density at radius 2 is 2.12 bits per heavy atom. The Kier molecular flexibility index (Phi) is 2.57. The molecule has 0 saturated heterocycles. The summed E-state index contributed by atoms with van der Waals surface area (Å²) in [5, 5.41) is 2.06. The number of halogens is 2. The number of hydrogen-bond donors (Lipinski definition) is 0. The molecule has 0 aliphatic heterocycles. The third-order valence-corrected chi connectivity index (χ3v) is 2.98. The van der Waals surface area contributed by atoms with E-state index in [4.69, 9.17) is 27.6 Å². The molecule has 0 atom stereocenters. The first-order valence-electron chi connectivity index (χ1n) is 5.05. The lowest BCUT2D eigenvalue weighted by molar-refractivity contribution is 0.528. The fourth-order valence-corrected chi connectivity index (χ4v) is 2.32. The van der Waals surface area contributed by atoms with E-state index in [0.29, 0.717) is 22.2 Å². The predicted molar refractivity (Wildman–Crippen MR) is 67.6 cm³/mol. The Morgan fingerprint density at radius 1 is 1.24 bits per heavy atom. The van der Waals surface area contributed by atoms with Crippen LogP contribution in [0.15, 0.2) is 41.3 Å². The van der Waals surface area contributed by atoms with E-state index in [1.165, 1.54) is 0 Å². The number of hydrogen-bond acceptors (Lipinski definition) is 2. The maximum Gasteiger partial charge on any atom is 0.153 e. The molecule has 3 rings (SSSR count). The van der Waals surface area contributed by atoms with Crippen molar-refractivity contribution in [2.24, 2.45) is 0 Å². The second kappa shape index (κ2) is 4.09. The van der Waals surface area contributed by atoms with Gasteiger partial charge in [-0.05, 0) is 18.2 Å². The largest absolute Gasteiger partial charge is 0.458 e. The van der Waals surface area contributed by atoms with Crippen LogP contribution >= 0.6 is 23.2 Å². The van der Waals surface area contributed by atoms with E-state index in [-0.39, 0.29) is 0 Å². The molecule has 3 nitrogen and oxygen atoms in total. The molecule has 0 N–H and O–H groups in total. The van der Waals surface area contributed by atoms with Crippen LogP contribution in [0.1, 0.15) is 5.76 Å². The SMILES string of the molecule is Clc1cc(Cl)c2oc(Cn3ccnc3)cc2c1. The van der Waals surface area contributed by atoms with Crippen LogP contribution in [0.2, 0.25) is 10.0 Å². The highest BCUT2D eigenvalue weighted by molar-refractivity contribution is 6.38. The highest BCUT2D eigenvalue weighted by Gasteiger charge is 2.09. The number of nitrogens with zero attached hydrogens (tertiary/aromatic N) is 2. The second-order valence-corrected chi connectivity index (χ2v) is 4.60. The van der Waals surface area contributed by atoms with Gasteiger partial charge in [0.2, 0.25) is 0 Å². The van der Waals surface area contributed by atoms with Gasteiger partial charge in [-0.3, -0.25) is 0 Å². The Hall–Kier alpha value is -1.45. The van der Waals surface area contributed by atoms with Crippen LogP contribution in [0.25, 0.3) is 11.0 Å². The first kappa shape index (κ1) is 10.7. The van der Waals surface area contributed by atoms with E-state index >= 15 is 0 Å². The molecule has 0 aliphatic rings. The lowest BCUT2D eigenvalue weighted by Crippen LogP contribution is -1.93. The van der Waals surface area contributed by atoms with Gasteiger partial charge in [0.15, 0.2) is 5.58 Å². The molecule has 2 heterocycles. The molecule has 0 unspecified atom stereocenters. The summed E-state index contributed by atoms with van der Waals surface area (Å²) >= 11 is 12.0. The number of benzene rings is 1. The first-order valence-corrected chi connectivity index (χ1v) is 5.81. The Bertz CT molecular complexity index is 659. The average molecular weight is 267 g/mol. The fourth-order valence-electron chi connectivity index (χ4n) is 1.77. The molecule has 1 aromatic carbocycles. The molecule has 2 aromatic heterocycles. The fraction of sp³-hybridized carbons (Fsp3) is 0.0833.